The van der Waals surface area contributed by atoms with Crippen LogP contribution in [-0.4, -0.2) is 49.6 Å². The van der Waals surface area contributed by atoms with E-state index in [1.54, 1.807) is 35.2 Å². The van der Waals surface area contributed by atoms with Crippen LogP contribution in [0.2, 0.25) is 0 Å². The molecule has 1 aliphatic heterocycles. The second kappa shape index (κ2) is 10.6. The third-order valence-electron chi connectivity index (χ3n) is 7.19. The summed E-state index contributed by atoms with van der Waals surface area (Å²) < 4.78 is 37.1. The number of ketones is 2. The van der Waals surface area contributed by atoms with Crippen molar-refractivity contribution in [1.29, 1.82) is 0 Å². The molecule has 0 saturated heterocycles. The highest BCUT2D eigenvalue weighted by molar-refractivity contribution is 9.10. The molecule has 0 aromatic heterocycles. The van der Waals surface area contributed by atoms with Gasteiger partial charge in [-0.2, -0.15) is 8.42 Å². The maximum Gasteiger partial charge on any atom is 0.339 e. The minimum atomic E-state index is -4.18. The summed E-state index contributed by atoms with van der Waals surface area (Å²) in [4.78, 5) is 40.1. The fraction of sp³-hybridized carbons (Fsp3) is 0.321. The van der Waals surface area contributed by atoms with Gasteiger partial charge in [0.15, 0.2) is 23.1 Å². The molecule has 1 heterocycles. The molecule has 11 heteroatoms. The number of benzene rings is 2. The van der Waals surface area contributed by atoms with Crippen LogP contribution in [0, 0.1) is 0 Å². The number of methoxy groups -OCH3 is 1. The summed E-state index contributed by atoms with van der Waals surface area (Å²) in [5.41, 5.74) is 2.64. The largest absolute Gasteiger partial charge is 0.493 e. The Balaban J connectivity index is 1.66. The molecule has 1 N–H and O–H groups in total. The molecule has 0 fully saturated rings. The first-order valence-corrected chi connectivity index (χ1v) is 14.7. The molecule has 0 spiro atoms. The van der Waals surface area contributed by atoms with Gasteiger partial charge in [-0.05, 0) is 71.4 Å². The van der Waals surface area contributed by atoms with Crippen LogP contribution < -0.4 is 8.92 Å². The van der Waals surface area contributed by atoms with Crippen molar-refractivity contribution >= 4 is 43.6 Å². The van der Waals surface area contributed by atoms with E-state index < -0.39 is 22.0 Å². The van der Waals surface area contributed by atoms with Crippen molar-refractivity contribution in [2.24, 2.45) is 0 Å². The summed E-state index contributed by atoms with van der Waals surface area (Å²) in [6.45, 7) is -0.331. The lowest BCUT2D eigenvalue weighted by Gasteiger charge is -2.43. The Morgan fingerprint density at radius 3 is 2.13 bits per heavy atom. The van der Waals surface area contributed by atoms with Gasteiger partial charge in [-0.1, -0.05) is 18.2 Å². The highest BCUT2D eigenvalue weighted by Crippen LogP contribution is 2.51. The summed E-state index contributed by atoms with van der Waals surface area (Å²) in [6.07, 6.45) is 2.81. The van der Waals surface area contributed by atoms with E-state index in [-0.39, 0.29) is 39.0 Å². The lowest BCUT2D eigenvalue weighted by molar-refractivity contribution is -0.138. The molecule has 5 rings (SSSR count). The van der Waals surface area contributed by atoms with E-state index >= 15 is 0 Å². The Hall–Kier alpha value is -3.44. The van der Waals surface area contributed by atoms with Gasteiger partial charge in [-0.3, -0.25) is 14.4 Å². The molecular formula is C28H26BrNO8S. The number of hydrogen-bond donors (Lipinski definition) is 1. The topological polar surface area (TPSA) is 127 Å². The van der Waals surface area contributed by atoms with E-state index in [0.717, 1.165) is 0 Å². The highest BCUT2D eigenvalue weighted by Gasteiger charge is 2.44. The fourth-order valence-corrected chi connectivity index (χ4v) is 7.23. The van der Waals surface area contributed by atoms with E-state index in [0.29, 0.717) is 66.6 Å². The molecule has 204 valence electrons. The number of carboxylic acids is 1. The Labute approximate surface area is 234 Å². The van der Waals surface area contributed by atoms with Crippen molar-refractivity contribution in [2.45, 2.75) is 49.3 Å². The Kier molecular flexibility index (Phi) is 7.39. The van der Waals surface area contributed by atoms with Gasteiger partial charge in [0.05, 0.1) is 11.6 Å². The summed E-state index contributed by atoms with van der Waals surface area (Å²) in [6, 6.07) is 10.9. The number of allylic oxidation sites excluding steroid dienone is 4. The first-order valence-electron chi connectivity index (χ1n) is 12.5. The minimum absolute atomic E-state index is 0.0287. The van der Waals surface area contributed by atoms with Crippen molar-refractivity contribution in [3.8, 4) is 11.5 Å². The maximum absolute atomic E-state index is 13.4. The van der Waals surface area contributed by atoms with Crippen LogP contribution in [-0.2, 0) is 24.5 Å². The molecule has 0 bridgehead atoms. The van der Waals surface area contributed by atoms with Gasteiger partial charge in [0, 0.05) is 41.3 Å². The second-order valence-corrected chi connectivity index (χ2v) is 12.0. The van der Waals surface area contributed by atoms with Crippen molar-refractivity contribution in [3.05, 3.63) is 75.0 Å². The number of nitrogens with zero attached hydrogens (tertiary/aromatic N) is 1. The first kappa shape index (κ1) is 27.1. The molecule has 0 radical (unpaired) electrons. The molecule has 9 nitrogen and oxygen atoms in total. The molecular weight excluding hydrogens is 590 g/mol. The van der Waals surface area contributed by atoms with Crippen LogP contribution in [0.5, 0.6) is 11.5 Å². The van der Waals surface area contributed by atoms with Crippen LogP contribution >= 0.6 is 15.9 Å². The normalized spacial score (nSPS) is 18.2. The van der Waals surface area contributed by atoms with Crippen molar-refractivity contribution in [2.75, 3.05) is 13.7 Å². The van der Waals surface area contributed by atoms with Gasteiger partial charge in [-0.25, -0.2) is 0 Å². The smallest absolute Gasteiger partial charge is 0.339 e. The Bertz CT molecular complexity index is 1500. The molecule has 0 saturated carbocycles. The van der Waals surface area contributed by atoms with Gasteiger partial charge in [0.25, 0.3) is 0 Å². The van der Waals surface area contributed by atoms with E-state index in [9.17, 15) is 27.9 Å². The maximum atomic E-state index is 13.4. The molecule has 39 heavy (non-hydrogen) atoms. The first-order chi connectivity index (χ1) is 18.6. The van der Waals surface area contributed by atoms with E-state index in [4.69, 9.17) is 8.92 Å². The van der Waals surface area contributed by atoms with Gasteiger partial charge >= 0.3 is 16.1 Å². The third-order valence-corrected chi connectivity index (χ3v) is 9.01. The molecule has 2 aromatic carbocycles. The van der Waals surface area contributed by atoms with E-state index in [2.05, 4.69) is 15.9 Å². The summed E-state index contributed by atoms with van der Waals surface area (Å²) in [5.74, 6) is -2.02. The van der Waals surface area contributed by atoms with Crippen molar-refractivity contribution < 1.29 is 36.8 Å². The average molecular weight is 616 g/mol. The predicted molar refractivity (Wildman–Crippen MR) is 144 cm³/mol. The van der Waals surface area contributed by atoms with E-state index in [1.807, 2.05) is 0 Å². The average Bonchev–Trinajstić information content (AvgIpc) is 2.90. The number of carbonyl (C=O) groups excluding carboxylic acids is 2. The summed E-state index contributed by atoms with van der Waals surface area (Å²) in [5, 5.41) is 9.63. The second-order valence-electron chi connectivity index (χ2n) is 9.57. The third kappa shape index (κ3) is 5.00. The van der Waals surface area contributed by atoms with E-state index in [1.165, 1.54) is 19.2 Å². The van der Waals surface area contributed by atoms with Crippen molar-refractivity contribution in [1.82, 2.24) is 4.90 Å². The SMILES string of the molecule is COc1cc(C2C3=C(CCCC3=O)N(CC(=O)O)C3=C2C(=O)CCC3)cc(Br)c1OS(=O)(=O)c1ccccc1. The number of aliphatic carboxylic acids is 1. The molecule has 0 atom stereocenters. The number of carbonyl (C=O) groups is 3. The zero-order valence-corrected chi connectivity index (χ0v) is 23.5. The van der Waals surface area contributed by atoms with Crippen LogP contribution in [0.1, 0.15) is 50.0 Å². The predicted octanol–water partition coefficient (Wildman–Crippen LogP) is 4.72. The Morgan fingerprint density at radius 2 is 1.59 bits per heavy atom. The van der Waals surface area contributed by atoms with Crippen LogP contribution in [0.4, 0.5) is 0 Å². The quantitative estimate of drug-likeness (QED) is 0.440. The van der Waals surface area contributed by atoms with Gasteiger partial charge in [0.1, 0.15) is 11.4 Å². The zero-order valence-electron chi connectivity index (χ0n) is 21.1. The fourth-order valence-electron chi connectivity index (χ4n) is 5.61. The summed E-state index contributed by atoms with van der Waals surface area (Å²) >= 11 is 3.42. The molecule has 2 aliphatic carbocycles. The lowest BCUT2D eigenvalue weighted by atomic mass is 9.71. The molecule has 3 aliphatic rings. The van der Waals surface area contributed by atoms with Crippen LogP contribution in [0.25, 0.3) is 0 Å². The number of hydrogen-bond acceptors (Lipinski definition) is 8. The number of Topliss-reactive ketones (excluding diaryl/α,β-unsaturated/α-hetero) is 2. The monoisotopic (exact) mass is 615 g/mol. The number of carboxylic acid groups (broad SMARTS) is 1. The van der Waals surface area contributed by atoms with Gasteiger partial charge in [0.2, 0.25) is 0 Å². The lowest BCUT2D eigenvalue weighted by Crippen LogP contribution is -2.41. The Morgan fingerprint density at radius 1 is 1.00 bits per heavy atom. The standard InChI is InChI=1S/C28H26BrNO8S/c1-37-23-14-16(13-18(29)28(23)38-39(35,36)17-7-3-2-4-8-17)25-26-19(9-5-11-21(26)31)30(15-24(33)34)20-10-6-12-22(32)27(20)25/h2-4,7-8,13-14,25H,5-6,9-12,15H2,1H3,(H,33,34). The highest BCUT2D eigenvalue weighted by atomic mass is 79.9. The van der Waals surface area contributed by atoms with Gasteiger partial charge in [-0.15, -0.1) is 0 Å². The zero-order chi connectivity index (χ0) is 27.9. The van der Waals surface area contributed by atoms with Crippen LogP contribution in [0.15, 0.2) is 74.4 Å². The molecule has 0 unspecified atom stereocenters. The number of halogens is 1. The van der Waals surface area contributed by atoms with Gasteiger partial charge < -0.3 is 18.9 Å². The van der Waals surface area contributed by atoms with Crippen molar-refractivity contribution in [3.63, 3.8) is 0 Å². The van der Waals surface area contributed by atoms with Crippen LogP contribution in [0.3, 0.4) is 0 Å². The molecule has 0 amide bonds. The number of rotatable bonds is 7. The number of ether oxygens (including phenoxy) is 1. The minimum Gasteiger partial charge on any atom is -0.493 e. The summed E-state index contributed by atoms with van der Waals surface area (Å²) in [7, 11) is -2.81. The molecule has 2 aromatic rings.